The molecule has 6 heteroatoms. The lowest BCUT2D eigenvalue weighted by atomic mass is 10.4. The minimum atomic E-state index is -3.61. The van der Waals surface area contributed by atoms with E-state index in [1.165, 1.54) is 18.2 Å². The molecule has 1 saturated heterocycles. The van der Waals surface area contributed by atoms with Crippen molar-refractivity contribution in [3.05, 3.63) is 43.0 Å². The van der Waals surface area contributed by atoms with Gasteiger partial charge in [0.25, 0.3) is 15.2 Å². The van der Waals surface area contributed by atoms with E-state index in [2.05, 4.69) is 6.58 Å². The van der Waals surface area contributed by atoms with Crippen molar-refractivity contribution in [2.45, 2.75) is 11.0 Å². The molecule has 1 aromatic carbocycles. The van der Waals surface area contributed by atoms with Gasteiger partial charge in [-0.2, -0.15) is 0 Å². The van der Waals surface area contributed by atoms with Crippen LogP contribution >= 0.6 is 12.2 Å². The van der Waals surface area contributed by atoms with E-state index < -0.39 is 10.0 Å². The van der Waals surface area contributed by atoms with Gasteiger partial charge in [-0.15, -0.1) is 0 Å². The number of rotatable bonds is 3. The normalized spacial score (nSPS) is 20.1. The maximum absolute atomic E-state index is 12.2. The monoisotopic (exact) mass is 269 g/mol. The Balaban J connectivity index is 2.35. The van der Waals surface area contributed by atoms with Crippen LogP contribution in [0.1, 0.15) is 0 Å². The first kappa shape index (κ1) is 12.1. The van der Waals surface area contributed by atoms with Gasteiger partial charge >= 0.3 is 0 Å². The molecule has 1 atom stereocenters. The summed E-state index contributed by atoms with van der Waals surface area (Å²) in [5.74, 6) is 0. The van der Waals surface area contributed by atoms with E-state index in [9.17, 15) is 8.42 Å². The highest BCUT2D eigenvalue weighted by Gasteiger charge is 2.36. The third-order valence-electron chi connectivity index (χ3n) is 2.40. The number of hydrogen-bond acceptors (Lipinski definition) is 4. The number of hydrogen-bond donors (Lipinski definition) is 0. The molecule has 0 N–H and O–H groups in total. The van der Waals surface area contributed by atoms with Gasteiger partial charge in [0.2, 0.25) is 0 Å². The Kier molecular flexibility index (Phi) is 3.17. The second-order valence-corrected chi connectivity index (χ2v) is 5.72. The van der Waals surface area contributed by atoms with Crippen LogP contribution in [-0.4, -0.2) is 30.5 Å². The largest absolute Gasteiger partial charge is 0.461 e. The molecule has 0 amide bonds. The summed E-state index contributed by atoms with van der Waals surface area (Å²) in [6, 6.07) is 8.14. The summed E-state index contributed by atoms with van der Waals surface area (Å²) >= 11 is 4.91. The van der Waals surface area contributed by atoms with E-state index in [-0.39, 0.29) is 22.7 Å². The molecule has 0 spiro atoms. The molecule has 1 fully saturated rings. The summed E-state index contributed by atoms with van der Waals surface area (Å²) in [7, 11) is -3.61. The fourth-order valence-electron chi connectivity index (χ4n) is 1.50. The summed E-state index contributed by atoms with van der Waals surface area (Å²) in [5.41, 5.74) is 0. The molecule has 0 radical (unpaired) electrons. The summed E-state index contributed by atoms with van der Waals surface area (Å²) in [5, 5.41) is -0.0289. The van der Waals surface area contributed by atoms with Gasteiger partial charge in [-0.3, -0.25) is 0 Å². The Morgan fingerprint density at radius 1 is 1.41 bits per heavy atom. The van der Waals surface area contributed by atoms with Crippen LogP contribution in [0, 0.1) is 0 Å². The third kappa shape index (κ3) is 2.18. The lowest BCUT2D eigenvalue weighted by molar-refractivity contribution is 0.287. The van der Waals surface area contributed by atoms with Crippen LogP contribution in [-0.2, 0) is 14.8 Å². The molecule has 1 aliphatic heterocycles. The van der Waals surface area contributed by atoms with Crippen LogP contribution in [0.4, 0.5) is 0 Å². The summed E-state index contributed by atoms with van der Waals surface area (Å²) in [6.45, 7) is 3.74. The van der Waals surface area contributed by atoms with Crippen molar-refractivity contribution in [2.75, 3.05) is 6.54 Å². The zero-order valence-corrected chi connectivity index (χ0v) is 10.6. The average molecular weight is 269 g/mol. The molecule has 0 bridgehead atoms. The molecule has 0 aliphatic carbocycles. The second kappa shape index (κ2) is 4.46. The highest BCUT2D eigenvalue weighted by molar-refractivity contribution is 7.91. The highest BCUT2D eigenvalue weighted by atomic mass is 32.2. The Bertz CT molecular complexity index is 539. The minimum Gasteiger partial charge on any atom is -0.461 e. The number of benzene rings is 1. The summed E-state index contributed by atoms with van der Waals surface area (Å²) in [6.07, 6.45) is 1.16. The van der Waals surface area contributed by atoms with Crippen LogP contribution < -0.4 is 0 Å². The summed E-state index contributed by atoms with van der Waals surface area (Å²) in [4.78, 5) is 0.204. The molecular formula is C11H11NO3S2. The van der Waals surface area contributed by atoms with Crippen LogP contribution in [0.3, 0.4) is 0 Å². The second-order valence-electron chi connectivity index (χ2n) is 3.51. The van der Waals surface area contributed by atoms with Crippen molar-refractivity contribution in [2.24, 2.45) is 0 Å². The predicted octanol–water partition coefficient (Wildman–Crippen LogP) is 1.55. The standard InChI is InChI=1S/C11H11NO3S2/c1-2-9-8-12(11(16)15-9)17(13,14)10-6-4-3-5-7-10/h2-7,9H,1,8H2. The number of sulfonamides is 1. The lowest BCUT2D eigenvalue weighted by Gasteiger charge is -2.15. The molecular weight excluding hydrogens is 258 g/mol. The van der Waals surface area contributed by atoms with Gasteiger partial charge < -0.3 is 4.74 Å². The molecule has 4 nitrogen and oxygen atoms in total. The molecule has 2 rings (SSSR count). The third-order valence-corrected chi connectivity index (χ3v) is 4.59. The van der Waals surface area contributed by atoms with Gasteiger partial charge in [-0.1, -0.05) is 24.8 Å². The van der Waals surface area contributed by atoms with Gasteiger partial charge in [0, 0.05) is 0 Å². The lowest BCUT2D eigenvalue weighted by Crippen LogP contribution is -2.32. The van der Waals surface area contributed by atoms with E-state index in [4.69, 9.17) is 17.0 Å². The quantitative estimate of drug-likeness (QED) is 0.617. The molecule has 0 aromatic heterocycles. The first-order chi connectivity index (χ1) is 8.05. The van der Waals surface area contributed by atoms with Crippen LogP contribution in [0.25, 0.3) is 0 Å². The smallest absolute Gasteiger partial charge is 0.274 e. The molecule has 17 heavy (non-hydrogen) atoms. The van der Waals surface area contributed by atoms with Gasteiger partial charge in [0.15, 0.2) is 0 Å². The Hall–Kier alpha value is -1.40. The number of nitrogens with zero attached hydrogens (tertiary/aromatic N) is 1. The fraction of sp³-hybridized carbons (Fsp3) is 0.182. The Labute approximate surface area is 106 Å². The Morgan fingerprint density at radius 2 is 2.06 bits per heavy atom. The molecule has 1 heterocycles. The van der Waals surface area contributed by atoms with Crippen molar-refractivity contribution < 1.29 is 13.2 Å². The Morgan fingerprint density at radius 3 is 2.59 bits per heavy atom. The van der Waals surface area contributed by atoms with Crippen molar-refractivity contribution >= 4 is 27.4 Å². The predicted molar refractivity (Wildman–Crippen MR) is 68.0 cm³/mol. The van der Waals surface area contributed by atoms with Crippen LogP contribution in [0.2, 0.25) is 0 Å². The van der Waals surface area contributed by atoms with Crippen LogP contribution in [0.15, 0.2) is 47.9 Å². The van der Waals surface area contributed by atoms with E-state index in [0.29, 0.717) is 0 Å². The first-order valence-corrected chi connectivity index (χ1v) is 6.81. The van der Waals surface area contributed by atoms with E-state index >= 15 is 0 Å². The maximum Gasteiger partial charge on any atom is 0.274 e. The van der Waals surface area contributed by atoms with Gasteiger partial charge in [-0.05, 0) is 30.4 Å². The zero-order chi connectivity index (χ0) is 12.5. The van der Waals surface area contributed by atoms with Crippen molar-refractivity contribution in [1.82, 2.24) is 4.31 Å². The topological polar surface area (TPSA) is 46.6 Å². The van der Waals surface area contributed by atoms with Gasteiger partial charge in [-0.25, -0.2) is 12.7 Å². The average Bonchev–Trinajstić information content (AvgIpc) is 2.72. The fourth-order valence-corrected chi connectivity index (χ4v) is 3.33. The maximum atomic E-state index is 12.2. The van der Waals surface area contributed by atoms with Crippen LogP contribution in [0.5, 0.6) is 0 Å². The van der Waals surface area contributed by atoms with Crippen molar-refractivity contribution in [3.63, 3.8) is 0 Å². The molecule has 90 valence electrons. The SMILES string of the molecule is C=CC1CN(S(=O)(=O)c2ccccc2)C(=S)O1. The van der Waals surface area contributed by atoms with E-state index in [0.717, 1.165) is 4.31 Å². The van der Waals surface area contributed by atoms with Crippen molar-refractivity contribution in [1.29, 1.82) is 0 Å². The molecule has 1 aromatic rings. The first-order valence-electron chi connectivity index (χ1n) is 4.96. The number of ether oxygens (including phenoxy) is 1. The number of thiocarbonyl (C=S) groups is 1. The van der Waals surface area contributed by atoms with Gasteiger partial charge in [0.05, 0.1) is 11.4 Å². The highest BCUT2D eigenvalue weighted by Crippen LogP contribution is 2.22. The van der Waals surface area contributed by atoms with Gasteiger partial charge in [0.1, 0.15) is 6.10 Å². The molecule has 0 saturated carbocycles. The molecule has 1 unspecified atom stereocenters. The molecule has 1 aliphatic rings. The van der Waals surface area contributed by atoms with E-state index in [1.807, 2.05) is 0 Å². The summed E-state index contributed by atoms with van der Waals surface area (Å²) < 4.78 is 30.7. The minimum absolute atomic E-state index is 0.0289. The van der Waals surface area contributed by atoms with Crippen molar-refractivity contribution in [3.8, 4) is 0 Å². The zero-order valence-electron chi connectivity index (χ0n) is 8.94. The van der Waals surface area contributed by atoms with E-state index in [1.54, 1.807) is 18.2 Å².